The highest BCUT2D eigenvalue weighted by Gasteiger charge is 2.59. The van der Waals surface area contributed by atoms with Crippen molar-refractivity contribution in [1.29, 1.82) is 0 Å². The molecule has 0 saturated carbocycles. The third-order valence-electron chi connectivity index (χ3n) is 5.49. The van der Waals surface area contributed by atoms with Crippen LogP contribution in [0.3, 0.4) is 0 Å². The van der Waals surface area contributed by atoms with E-state index in [2.05, 4.69) is 10.6 Å². The molecule has 2 N–H and O–H groups in total. The van der Waals surface area contributed by atoms with Gasteiger partial charge in [0.25, 0.3) is 0 Å². The number of hydrogen-bond acceptors (Lipinski definition) is 8. The SMILES string of the molecule is CN1CC2(CNC2)C1OC(=O)C(=O)OC1N(C)CC12CNC2. The number of hydrogen-bond donors (Lipinski definition) is 2. The Hall–Kier alpha value is -1.22. The number of likely N-dealkylation sites (tertiary alicyclic amines) is 2. The third kappa shape index (κ3) is 1.84. The predicted molar refractivity (Wildman–Crippen MR) is 75.6 cm³/mol. The molecule has 2 spiro atoms. The van der Waals surface area contributed by atoms with Crippen LogP contribution in [0.5, 0.6) is 0 Å². The van der Waals surface area contributed by atoms with Gasteiger partial charge in [-0.2, -0.15) is 0 Å². The second-order valence-electron chi connectivity index (χ2n) is 7.28. The van der Waals surface area contributed by atoms with Gasteiger partial charge in [-0.1, -0.05) is 0 Å². The largest absolute Gasteiger partial charge is 0.437 e. The molecule has 0 aromatic carbocycles. The quantitative estimate of drug-likeness (QED) is 0.439. The number of nitrogens with one attached hydrogen (secondary N) is 2. The second-order valence-corrected chi connectivity index (χ2v) is 7.28. The maximum atomic E-state index is 12.0. The number of rotatable bonds is 2. The molecule has 2 atom stereocenters. The van der Waals surface area contributed by atoms with Crippen LogP contribution in [0.1, 0.15) is 0 Å². The molecule has 4 aliphatic heterocycles. The van der Waals surface area contributed by atoms with E-state index < -0.39 is 11.9 Å². The van der Waals surface area contributed by atoms with Crippen molar-refractivity contribution in [2.75, 3.05) is 53.4 Å². The van der Waals surface area contributed by atoms with E-state index in [1.165, 1.54) is 0 Å². The van der Waals surface area contributed by atoms with E-state index in [1.807, 2.05) is 23.9 Å². The number of nitrogens with zero attached hydrogens (tertiary/aromatic N) is 2. The highest BCUT2D eigenvalue weighted by Crippen LogP contribution is 2.42. The van der Waals surface area contributed by atoms with E-state index in [1.54, 1.807) is 0 Å². The molecule has 0 aromatic heterocycles. The third-order valence-corrected chi connectivity index (χ3v) is 5.49. The van der Waals surface area contributed by atoms with Crippen LogP contribution in [-0.4, -0.2) is 87.6 Å². The minimum Gasteiger partial charge on any atom is -0.437 e. The van der Waals surface area contributed by atoms with Crippen LogP contribution in [0.2, 0.25) is 0 Å². The summed E-state index contributed by atoms with van der Waals surface area (Å²) < 4.78 is 10.8. The van der Waals surface area contributed by atoms with Crippen LogP contribution in [0.15, 0.2) is 0 Å². The second kappa shape index (κ2) is 4.64. The van der Waals surface area contributed by atoms with Gasteiger partial charge in [0.05, 0.1) is 10.8 Å². The molecule has 4 fully saturated rings. The van der Waals surface area contributed by atoms with Crippen LogP contribution in [0.4, 0.5) is 0 Å². The van der Waals surface area contributed by atoms with Crippen molar-refractivity contribution >= 4 is 11.9 Å². The lowest BCUT2D eigenvalue weighted by Crippen LogP contribution is -2.77. The van der Waals surface area contributed by atoms with Gasteiger partial charge < -0.3 is 20.1 Å². The minimum absolute atomic E-state index is 0.0168. The molecule has 8 nitrogen and oxygen atoms in total. The molecular weight excluding hydrogens is 288 g/mol. The van der Waals surface area contributed by atoms with E-state index in [-0.39, 0.29) is 23.3 Å². The lowest BCUT2D eigenvalue weighted by atomic mass is 9.72. The van der Waals surface area contributed by atoms with Crippen LogP contribution < -0.4 is 10.6 Å². The predicted octanol–water partition coefficient (Wildman–Crippen LogP) is -2.20. The fraction of sp³-hybridized carbons (Fsp3) is 0.857. The van der Waals surface area contributed by atoms with Crippen molar-refractivity contribution in [3.8, 4) is 0 Å². The molecule has 4 saturated heterocycles. The minimum atomic E-state index is -0.884. The summed E-state index contributed by atoms with van der Waals surface area (Å²) in [7, 11) is 3.78. The summed E-state index contributed by atoms with van der Waals surface area (Å²) in [5.74, 6) is -1.77. The summed E-state index contributed by atoms with van der Waals surface area (Å²) in [5.41, 5.74) is -0.0336. The van der Waals surface area contributed by atoms with Gasteiger partial charge in [0.15, 0.2) is 12.5 Å². The molecule has 122 valence electrons. The summed E-state index contributed by atoms with van der Waals surface area (Å²) in [5, 5.41) is 6.38. The van der Waals surface area contributed by atoms with E-state index in [0.29, 0.717) is 0 Å². The Morgan fingerprint density at radius 2 is 1.23 bits per heavy atom. The van der Waals surface area contributed by atoms with Crippen molar-refractivity contribution in [3.05, 3.63) is 0 Å². The highest BCUT2D eigenvalue weighted by molar-refractivity contribution is 6.29. The van der Waals surface area contributed by atoms with Crippen molar-refractivity contribution < 1.29 is 19.1 Å². The Labute approximate surface area is 129 Å². The van der Waals surface area contributed by atoms with Crippen LogP contribution in [-0.2, 0) is 19.1 Å². The molecule has 0 amide bonds. The average molecular weight is 310 g/mol. The van der Waals surface area contributed by atoms with Crippen molar-refractivity contribution in [2.45, 2.75) is 12.5 Å². The molecule has 2 unspecified atom stereocenters. The summed E-state index contributed by atoms with van der Waals surface area (Å²) in [6, 6.07) is 0. The summed E-state index contributed by atoms with van der Waals surface area (Å²) in [6.07, 6.45) is -0.653. The first kappa shape index (κ1) is 14.4. The topological polar surface area (TPSA) is 83.1 Å². The van der Waals surface area contributed by atoms with Gasteiger partial charge in [-0.3, -0.25) is 9.80 Å². The Kier molecular flexibility index (Phi) is 3.03. The zero-order chi connectivity index (χ0) is 15.5. The van der Waals surface area contributed by atoms with Crippen LogP contribution in [0.25, 0.3) is 0 Å². The lowest BCUT2D eigenvalue weighted by Gasteiger charge is -2.60. The van der Waals surface area contributed by atoms with Crippen molar-refractivity contribution in [2.24, 2.45) is 10.8 Å². The molecule has 0 radical (unpaired) electrons. The van der Waals surface area contributed by atoms with Gasteiger partial charge in [-0.05, 0) is 14.1 Å². The van der Waals surface area contributed by atoms with E-state index >= 15 is 0 Å². The average Bonchev–Trinajstić information content (AvgIpc) is 2.40. The van der Waals surface area contributed by atoms with Gasteiger partial charge in [0, 0.05) is 39.3 Å². The molecular formula is C14H22N4O4. The molecule has 0 aromatic rings. The normalized spacial score (nSPS) is 35.0. The Morgan fingerprint density at radius 1 is 0.864 bits per heavy atom. The number of carbonyl (C=O) groups is 2. The maximum Gasteiger partial charge on any atom is 0.419 e. The Bertz CT molecular complexity index is 471. The number of ether oxygens (including phenoxy) is 2. The van der Waals surface area contributed by atoms with Crippen LogP contribution in [0, 0.1) is 10.8 Å². The maximum absolute atomic E-state index is 12.0. The summed E-state index contributed by atoms with van der Waals surface area (Å²) >= 11 is 0. The van der Waals surface area contributed by atoms with Gasteiger partial charge in [-0.25, -0.2) is 9.59 Å². The summed E-state index contributed by atoms with van der Waals surface area (Å²) in [6.45, 7) is 5.06. The lowest BCUT2D eigenvalue weighted by molar-refractivity contribution is -0.245. The van der Waals surface area contributed by atoms with E-state index in [9.17, 15) is 9.59 Å². The molecule has 0 bridgehead atoms. The molecule has 4 rings (SSSR count). The Morgan fingerprint density at radius 3 is 1.45 bits per heavy atom. The highest BCUT2D eigenvalue weighted by atomic mass is 16.6. The van der Waals surface area contributed by atoms with E-state index in [0.717, 1.165) is 39.3 Å². The fourth-order valence-corrected chi connectivity index (χ4v) is 4.22. The molecule has 4 aliphatic rings. The zero-order valence-corrected chi connectivity index (χ0v) is 12.9. The van der Waals surface area contributed by atoms with Gasteiger partial charge >= 0.3 is 11.9 Å². The molecule has 4 heterocycles. The van der Waals surface area contributed by atoms with Crippen molar-refractivity contribution in [1.82, 2.24) is 20.4 Å². The number of esters is 2. The first-order chi connectivity index (χ1) is 10.5. The first-order valence-corrected chi connectivity index (χ1v) is 7.69. The first-order valence-electron chi connectivity index (χ1n) is 7.69. The summed E-state index contributed by atoms with van der Waals surface area (Å²) in [4.78, 5) is 28.0. The van der Waals surface area contributed by atoms with Crippen molar-refractivity contribution in [3.63, 3.8) is 0 Å². The van der Waals surface area contributed by atoms with Gasteiger partial charge in [0.1, 0.15) is 0 Å². The van der Waals surface area contributed by atoms with Gasteiger partial charge in [0.2, 0.25) is 0 Å². The number of carbonyl (C=O) groups excluding carboxylic acids is 2. The standard InChI is InChI=1S/C14H22N4O4/c1-17-7-13(3-15-4-13)11(17)21-9(19)10(20)22-12-14(5-16-6-14)8-18(12)2/h11-12,15-16H,3-8H2,1-2H3. The smallest absolute Gasteiger partial charge is 0.419 e. The molecule has 0 aliphatic carbocycles. The van der Waals surface area contributed by atoms with Crippen LogP contribution >= 0.6 is 0 Å². The monoisotopic (exact) mass is 310 g/mol. The zero-order valence-electron chi connectivity index (χ0n) is 12.9. The Balaban J connectivity index is 1.34. The molecule has 22 heavy (non-hydrogen) atoms. The fourth-order valence-electron chi connectivity index (χ4n) is 4.22. The van der Waals surface area contributed by atoms with E-state index in [4.69, 9.17) is 9.47 Å². The van der Waals surface area contributed by atoms with Gasteiger partial charge in [-0.15, -0.1) is 0 Å². The molecule has 8 heteroatoms.